The SMILES string of the molecule is O=C(O)c1csc(CNC(=O)[C@@H]2COCCO2)n1. The molecule has 1 saturated heterocycles. The summed E-state index contributed by atoms with van der Waals surface area (Å²) in [5.74, 6) is -1.35. The Kier molecular flexibility index (Phi) is 4.24. The van der Waals surface area contributed by atoms with Gasteiger partial charge in [0.05, 0.1) is 26.4 Å². The van der Waals surface area contributed by atoms with Crippen LogP contribution in [-0.4, -0.2) is 47.9 Å². The molecule has 1 atom stereocenters. The summed E-state index contributed by atoms with van der Waals surface area (Å²) < 4.78 is 10.3. The highest BCUT2D eigenvalue weighted by Crippen LogP contribution is 2.09. The van der Waals surface area contributed by atoms with E-state index in [4.69, 9.17) is 14.6 Å². The molecule has 0 bridgehead atoms. The van der Waals surface area contributed by atoms with Crippen molar-refractivity contribution in [2.45, 2.75) is 12.6 Å². The number of amides is 1. The fourth-order valence-corrected chi connectivity index (χ4v) is 2.11. The second-order valence-corrected chi connectivity index (χ2v) is 4.53. The number of hydrogen-bond acceptors (Lipinski definition) is 6. The summed E-state index contributed by atoms with van der Waals surface area (Å²) in [6.45, 7) is 1.33. The van der Waals surface area contributed by atoms with Crippen molar-refractivity contribution in [2.24, 2.45) is 0 Å². The second kappa shape index (κ2) is 5.89. The van der Waals surface area contributed by atoms with Crippen LogP contribution in [0.1, 0.15) is 15.5 Å². The largest absolute Gasteiger partial charge is 0.476 e. The molecule has 2 N–H and O–H groups in total. The van der Waals surface area contributed by atoms with Crippen LogP contribution >= 0.6 is 11.3 Å². The molecule has 0 spiro atoms. The number of carboxylic acids is 1. The highest BCUT2D eigenvalue weighted by molar-refractivity contribution is 7.09. The molecule has 2 rings (SSSR count). The number of nitrogens with zero attached hydrogens (tertiary/aromatic N) is 1. The van der Waals surface area contributed by atoms with E-state index in [0.29, 0.717) is 18.2 Å². The van der Waals surface area contributed by atoms with Crippen molar-refractivity contribution >= 4 is 23.2 Å². The first kappa shape index (κ1) is 12.9. The number of carbonyl (C=O) groups is 2. The van der Waals surface area contributed by atoms with Crippen molar-refractivity contribution in [2.75, 3.05) is 19.8 Å². The third-order valence-electron chi connectivity index (χ3n) is 2.29. The van der Waals surface area contributed by atoms with E-state index < -0.39 is 12.1 Å². The molecule has 1 fully saturated rings. The van der Waals surface area contributed by atoms with Gasteiger partial charge in [-0.25, -0.2) is 9.78 Å². The van der Waals surface area contributed by atoms with E-state index in [-0.39, 0.29) is 24.8 Å². The van der Waals surface area contributed by atoms with Crippen LogP contribution in [-0.2, 0) is 20.8 Å². The lowest BCUT2D eigenvalue weighted by Crippen LogP contribution is -2.42. The van der Waals surface area contributed by atoms with Crippen LogP contribution in [0.3, 0.4) is 0 Å². The van der Waals surface area contributed by atoms with Crippen LogP contribution in [0, 0.1) is 0 Å². The third-order valence-corrected chi connectivity index (χ3v) is 3.14. The average molecular weight is 272 g/mol. The van der Waals surface area contributed by atoms with E-state index in [1.54, 1.807) is 0 Å². The predicted molar refractivity (Wildman–Crippen MR) is 61.5 cm³/mol. The maximum atomic E-state index is 11.7. The molecule has 0 saturated carbocycles. The topological polar surface area (TPSA) is 97.8 Å². The first-order chi connectivity index (χ1) is 8.66. The molecule has 1 aromatic rings. The number of carboxylic acid groups (broad SMARTS) is 1. The Balaban J connectivity index is 1.82. The van der Waals surface area contributed by atoms with Crippen molar-refractivity contribution in [1.29, 1.82) is 0 Å². The lowest BCUT2D eigenvalue weighted by molar-refractivity contribution is -0.147. The summed E-state index contributed by atoms with van der Waals surface area (Å²) in [5, 5.41) is 13.3. The van der Waals surface area contributed by atoms with Crippen molar-refractivity contribution in [3.63, 3.8) is 0 Å². The van der Waals surface area contributed by atoms with E-state index in [2.05, 4.69) is 10.3 Å². The van der Waals surface area contributed by atoms with E-state index in [1.165, 1.54) is 16.7 Å². The number of aromatic carboxylic acids is 1. The summed E-state index contributed by atoms with van der Waals surface area (Å²) in [4.78, 5) is 26.1. The van der Waals surface area contributed by atoms with Crippen LogP contribution in [0.2, 0.25) is 0 Å². The number of hydrogen-bond donors (Lipinski definition) is 2. The minimum atomic E-state index is -1.08. The maximum Gasteiger partial charge on any atom is 0.355 e. The molecule has 1 amide bonds. The fourth-order valence-electron chi connectivity index (χ4n) is 1.41. The molecule has 2 heterocycles. The third kappa shape index (κ3) is 3.25. The molecule has 0 aliphatic carbocycles. The number of aromatic nitrogens is 1. The second-order valence-electron chi connectivity index (χ2n) is 3.58. The van der Waals surface area contributed by atoms with Gasteiger partial charge in [0.25, 0.3) is 5.91 Å². The van der Waals surface area contributed by atoms with Gasteiger partial charge in [0.15, 0.2) is 11.8 Å². The number of thiazole rings is 1. The summed E-state index contributed by atoms with van der Waals surface area (Å²) in [6, 6.07) is 0. The quantitative estimate of drug-likeness (QED) is 0.792. The summed E-state index contributed by atoms with van der Waals surface area (Å²) in [5.41, 5.74) is -0.0125. The molecule has 18 heavy (non-hydrogen) atoms. The van der Waals surface area contributed by atoms with Gasteiger partial charge in [0, 0.05) is 5.38 Å². The van der Waals surface area contributed by atoms with Crippen molar-refractivity contribution < 1.29 is 24.2 Å². The number of rotatable bonds is 4. The van der Waals surface area contributed by atoms with Gasteiger partial charge in [-0.2, -0.15) is 0 Å². The summed E-state index contributed by atoms with van der Waals surface area (Å²) in [6.07, 6.45) is -0.599. The Bertz CT molecular complexity index is 441. The molecule has 0 radical (unpaired) electrons. The summed E-state index contributed by atoms with van der Waals surface area (Å²) in [7, 11) is 0. The highest BCUT2D eigenvalue weighted by atomic mass is 32.1. The van der Waals surface area contributed by atoms with E-state index >= 15 is 0 Å². The van der Waals surface area contributed by atoms with Gasteiger partial charge in [-0.15, -0.1) is 11.3 Å². The lowest BCUT2D eigenvalue weighted by atomic mass is 10.3. The van der Waals surface area contributed by atoms with E-state index in [0.717, 1.165) is 0 Å². The Hall–Kier alpha value is -1.51. The van der Waals surface area contributed by atoms with E-state index in [9.17, 15) is 9.59 Å². The number of ether oxygens (including phenoxy) is 2. The highest BCUT2D eigenvalue weighted by Gasteiger charge is 2.22. The van der Waals surface area contributed by atoms with Crippen LogP contribution in [0.4, 0.5) is 0 Å². The average Bonchev–Trinajstić information content (AvgIpc) is 2.86. The normalized spacial score (nSPS) is 19.4. The van der Waals surface area contributed by atoms with Gasteiger partial charge in [-0.3, -0.25) is 4.79 Å². The molecule has 1 aliphatic rings. The monoisotopic (exact) mass is 272 g/mol. The van der Waals surface area contributed by atoms with Crippen LogP contribution in [0.5, 0.6) is 0 Å². The van der Waals surface area contributed by atoms with Crippen molar-refractivity contribution in [3.05, 3.63) is 16.1 Å². The van der Waals surface area contributed by atoms with Gasteiger partial charge in [-0.05, 0) is 0 Å². The van der Waals surface area contributed by atoms with Crippen molar-refractivity contribution in [1.82, 2.24) is 10.3 Å². The molecule has 1 aromatic heterocycles. The van der Waals surface area contributed by atoms with Crippen LogP contribution in [0.25, 0.3) is 0 Å². The summed E-state index contributed by atoms with van der Waals surface area (Å²) >= 11 is 1.19. The molecule has 7 nitrogen and oxygen atoms in total. The van der Waals surface area contributed by atoms with Crippen LogP contribution in [0.15, 0.2) is 5.38 Å². The molecule has 0 unspecified atom stereocenters. The Labute approximate surface area is 107 Å². The smallest absolute Gasteiger partial charge is 0.355 e. The Morgan fingerprint density at radius 2 is 2.39 bits per heavy atom. The Morgan fingerprint density at radius 3 is 3.00 bits per heavy atom. The fraction of sp³-hybridized carbons (Fsp3) is 0.500. The zero-order valence-electron chi connectivity index (χ0n) is 9.42. The standard InChI is InChI=1S/C10H12N2O5S/c13-9(7-4-16-1-2-17-7)11-3-8-12-6(5-18-8)10(14)15/h5,7H,1-4H2,(H,11,13)(H,14,15)/t7-/m0/s1. The molecular weight excluding hydrogens is 260 g/mol. The first-order valence-electron chi connectivity index (χ1n) is 5.31. The number of carbonyl (C=O) groups excluding carboxylic acids is 1. The first-order valence-corrected chi connectivity index (χ1v) is 6.19. The zero-order chi connectivity index (χ0) is 13.0. The predicted octanol–water partition coefficient (Wildman–Crippen LogP) is -0.127. The molecule has 98 valence electrons. The van der Waals surface area contributed by atoms with Gasteiger partial charge < -0.3 is 19.9 Å². The molecule has 0 aromatic carbocycles. The Morgan fingerprint density at radius 1 is 1.56 bits per heavy atom. The minimum Gasteiger partial charge on any atom is -0.476 e. The van der Waals surface area contributed by atoms with E-state index in [1.807, 2.05) is 0 Å². The van der Waals surface area contributed by atoms with Gasteiger partial charge in [0.2, 0.25) is 0 Å². The molecular formula is C10H12N2O5S. The van der Waals surface area contributed by atoms with Crippen LogP contribution < -0.4 is 5.32 Å². The van der Waals surface area contributed by atoms with Gasteiger partial charge in [0.1, 0.15) is 5.01 Å². The minimum absolute atomic E-state index is 0.0125. The van der Waals surface area contributed by atoms with Gasteiger partial charge >= 0.3 is 5.97 Å². The number of nitrogens with one attached hydrogen (secondary N) is 1. The van der Waals surface area contributed by atoms with Crippen molar-refractivity contribution in [3.8, 4) is 0 Å². The van der Waals surface area contributed by atoms with Gasteiger partial charge in [-0.1, -0.05) is 0 Å². The maximum absolute atomic E-state index is 11.7. The molecule has 1 aliphatic heterocycles. The lowest BCUT2D eigenvalue weighted by Gasteiger charge is -2.21. The molecule has 8 heteroatoms. The zero-order valence-corrected chi connectivity index (χ0v) is 10.2.